The molecule has 2 heterocycles. The zero-order valence-electron chi connectivity index (χ0n) is 15.1. The van der Waals surface area contributed by atoms with Crippen LogP contribution in [0.1, 0.15) is 39.6 Å². The first-order valence-electron chi connectivity index (χ1n) is 8.81. The molecule has 9 heteroatoms. The van der Waals surface area contributed by atoms with Crippen molar-refractivity contribution in [3.8, 4) is 0 Å². The monoisotopic (exact) mass is 400 g/mol. The average Bonchev–Trinajstić information content (AvgIpc) is 3.37. The van der Waals surface area contributed by atoms with E-state index in [-0.39, 0.29) is 23.2 Å². The minimum absolute atomic E-state index is 0.00821. The summed E-state index contributed by atoms with van der Waals surface area (Å²) in [6.07, 6.45) is 3.26. The number of benzene rings is 1. The lowest BCUT2D eigenvalue weighted by molar-refractivity contribution is -0.389. The Labute approximate surface area is 165 Å². The highest BCUT2D eigenvalue weighted by atomic mass is 35.5. The molecule has 144 valence electrons. The van der Waals surface area contributed by atoms with E-state index in [1.165, 1.54) is 15.8 Å². The molecule has 0 fully saturated rings. The molecule has 8 nitrogen and oxygen atoms in total. The summed E-state index contributed by atoms with van der Waals surface area (Å²) in [5.41, 5.74) is 3.79. The van der Waals surface area contributed by atoms with Crippen LogP contribution in [0.25, 0.3) is 0 Å². The van der Waals surface area contributed by atoms with Crippen LogP contribution in [0.5, 0.6) is 0 Å². The fourth-order valence-corrected chi connectivity index (χ4v) is 3.56. The Morgan fingerprint density at radius 2 is 2.11 bits per heavy atom. The number of aryl methyl sites for hydroxylation is 2. The van der Waals surface area contributed by atoms with Crippen molar-refractivity contribution in [2.24, 2.45) is 0 Å². The quantitative estimate of drug-likeness (QED) is 0.512. The number of rotatable bonds is 5. The number of fused-ring (bicyclic) bond motifs is 1. The Hall–Kier alpha value is -3.13. The van der Waals surface area contributed by atoms with Gasteiger partial charge in [-0.2, -0.15) is 4.68 Å². The van der Waals surface area contributed by atoms with Crippen LogP contribution in [0.15, 0.2) is 34.7 Å². The molecule has 0 saturated heterocycles. The summed E-state index contributed by atoms with van der Waals surface area (Å²) >= 11 is 5.94. The summed E-state index contributed by atoms with van der Waals surface area (Å²) in [5.74, 6) is -0.164. The van der Waals surface area contributed by atoms with Crippen LogP contribution >= 0.6 is 11.6 Å². The van der Waals surface area contributed by atoms with Gasteiger partial charge in [0.2, 0.25) is 0 Å². The molecule has 1 aromatic carbocycles. The van der Waals surface area contributed by atoms with Gasteiger partial charge in [-0.05, 0) is 66.5 Å². The zero-order chi connectivity index (χ0) is 19.8. The van der Waals surface area contributed by atoms with E-state index in [4.69, 9.17) is 16.0 Å². The van der Waals surface area contributed by atoms with E-state index in [9.17, 15) is 14.9 Å². The van der Waals surface area contributed by atoms with Crippen molar-refractivity contribution in [1.29, 1.82) is 0 Å². The van der Waals surface area contributed by atoms with Gasteiger partial charge in [0, 0.05) is 5.69 Å². The lowest BCUT2D eigenvalue weighted by Crippen LogP contribution is -2.11. The van der Waals surface area contributed by atoms with E-state index in [0.29, 0.717) is 11.5 Å². The van der Waals surface area contributed by atoms with Gasteiger partial charge < -0.3 is 19.8 Å². The molecule has 1 aliphatic carbocycles. The van der Waals surface area contributed by atoms with Gasteiger partial charge in [-0.1, -0.05) is 17.7 Å². The maximum atomic E-state index is 12.5. The van der Waals surface area contributed by atoms with Gasteiger partial charge in [0.15, 0.2) is 10.8 Å². The normalized spacial score (nSPS) is 12.8. The summed E-state index contributed by atoms with van der Waals surface area (Å²) in [4.78, 5) is 22.8. The molecule has 4 rings (SSSR count). The molecule has 28 heavy (non-hydrogen) atoms. The van der Waals surface area contributed by atoms with E-state index < -0.39 is 10.7 Å². The van der Waals surface area contributed by atoms with Crippen molar-refractivity contribution in [3.63, 3.8) is 0 Å². The number of halogens is 1. The third-order valence-corrected chi connectivity index (χ3v) is 5.28. The minimum atomic E-state index is -0.635. The average molecular weight is 401 g/mol. The third kappa shape index (κ3) is 3.38. The third-order valence-electron chi connectivity index (χ3n) is 4.84. The molecule has 3 aromatic rings. The lowest BCUT2D eigenvalue weighted by atomic mass is 10.1. The Morgan fingerprint density at radius 3 is 2.86 bits per heavy atom. The number of furan rings is 1. The first-order chi connectivity index (χ1) is 13.4. The van der Waals surface area contributed by atoms with E-state index in [2.05, 4.69) is 10.4 Å². The molecular weight excluding hydrogens is 384 g/mol. The molecule has 1 amide bonds. The van der Waals surface area contributed by atoms with Crippen LogP contribution in [0.4, 0.5) is 11.5 Å². The first kappa shape index (κ1) is 18.2. The maximum absolute atomic E-state index is 12.5. The summed E-state index contributed by atoms with van der Waals surface area (Å²) in [6, 6.07) is 9.13. The zero-order valence-corrected chi connectivity index (χ0v) is 15.8. The fraction of sp³-hybridized carbons (Fsp3) is 0.263. The number of amides is 1. The number of nitrogens with one attached hydrogen (secondary N) is 1. The summed E-state index contributed by atoms with van der Waals surface area (Å²) in [7, 11) is 0. The fourth-order valence-electron chi connectivity index (χ4n) is 3.35. The first-order valence-corrected chi connectivity index (χ1v) is 9.19. The summed E-state index contributed by atoms with van der Waals surface area (Å²) in [6.45, 7) is 1.76. The smallest absolute Gasteiger partial charge is 0.408 e. The Morgan fingerprint density at radius 1 is 1.32 bits per heavy atom. The van der Waals surface area contributed by atoms with Gasteiger partial charge in [0.1, 0.15) is 12.3 Å². The number of nitro groups is 1. The second kappa shape index (κ2) is 7.12. The number of hydrogen-bond acceptors (Lipinski definition) is 5. The maximum Gasteiger partial charge on any atom is 0.408 e. The van der Waals surface area contributed by atoms with E-state index in [0.717, 1.165) is 24.9 Å². The van der Waals surface area contributed by atoms with Crippen LogP contribution in [0.2, 0.25) is 5.02 Å². The van der Waals surface area contributed by atoms with Gasteiger partial charge in [0.05, 0.1) is 10.8 Å². The highest BCUT2D eigenvalue weighted by molar-refractivity contribution is 6.33. The Balaban J connectivity index is 1.48. The number of carbonyl (C=O) groups is 1. The topological polar surface area (TPSA) is 103 Å². The van der Waals surface area contributed by atoms with Crippen molar-refractivity contribution in [2.45, 2.75) is 32.7 Å². The van der Waals surface area contributed by atoms with E-state index in [1.807, 2.05) is 18.2 Å². The highest BCUT2D eigenvalue weighted by Crippen LogP contribution is 2.27. The second-order valence-electron chi connectivity index (χ2n) is 6.69. The van der Waals surface area contributed by atoms with Crippen LogP contribution in [-0.2, 0) is 19.4 Å². The van der Waals surface area contributed by atoms with Crippen LogP contribution < -0.4 is 5.32 Å². The van der Waals surface area contributed by atoms with Gasteiger partial charge in [-0.3, -0.25) is 4.79 Å². The van der Waals surface area contributed by atoms with Gasteiger partial charge in [-0.15, -0.1) is 0 Å². The Bertz CT molecular complexity index is 1090. The number of nitrogens with zero attached hydrogens (tertiary/aromatic N) is 3. The van der Waals surface area contributed by atoms with Gasteiger partial charge in [-0.25, -0.2) is 0 Å². The molecule has 0 aliphatic heterocycles. The molecule has 2 aromatic heterocycles. The lowest BCUT2D eigenvalue weighted by Gasteiger charge is -2.06. The summed E-state index contributed by atoms with van der Waals surface area (Å²) in [5, 5.41) is 17.7. The van der Waals surface area contributed by atoms with Crippen molar-refractivity contribution in [1.82, 2.24) is 9.78 Å². The number of aromatic nitrogens is 2. The predicted octanol–water partition coefficient (Wildman–Crippen LogP) is 4.14. The molecule has 0 atom stereocenters. The molecule has 0 bridgehead atoms. The Kier molecular flexibility index (Phi) is 4.64. The standard InChI is InChI=1S/C19H17ClN4O4/c1-11-17(20)18(24(26)27)22-23(11)10-15-7-8-16(28-15)19(25)21-14-6-5-12-3-2-4-13(12)9-14/h5-9H,2-4,10H2,1H3,(H,21,25). The largest absolute Gasteiger partial charge is 0.454 e. The number of hydrogen-bond donors (Lipinski definition) is 1. The molecule has 0 spiro atoms. The number of anilines is 1. The van der Waals surface area contributed by atoms with Crippen molar-refractivity contribution in [2.75, 3.05) is 5.32 Å². The number of carbonyl (C=O) groups excluding carboxylic acids is 1. The van der Waals surface area contributed by atoms with E-state index in [1.54, 1.807) is 19.1 Å². The second-order valence-corrected chi connectivity index (χ2v) is 7.07. The molecule has 0 unspecified atom stereocenters. The van der Waals surface area contributed by atoms with Gasteiger partial charge >= 0.3 is 5.82 Å². The minimum Gasteiger partial charge on any atom is -0.454 e. The summed E-state index contributed by atoms with van der Waals surface area (Å²) < 4.78 is 6.97. The SMILES string of the molecule is Cc1c(Cl)c([N+](=O)[O-])nn1Cc1ccc(C(=O)Nc2ccc3c(c2)CCC3)o1. The highest BCUT2D eigenvalue weighted by Gasteiger charge is 2.24. The van der Waals surface area contributed by atoms with Crippen LogP contribution in [0.3, 0.4) is 0 Å². The van der Waals surface area contributed by atoms with Gasteiger partial charge in [0.25, 0.3) is 5.91 Å². The van der Waals surface area contributed by atoms with Crippen LogP contribution in [-0.4, -0.2) is 20.6 Å². The predicted molar refractivity (Wildman–Crippen MR) is 103 cm³/mol. The molecular formula is C19H17ClN4O4. The molecule has 1 N–H and O–H groups in total. The molecule has 0 radical (unpaired) electrons. The van der Waals surface area contributed by atoms with Crippen molar-refractivity contribution < 1.29 is 14.1 Å². The van der Waals surface area contributed by atoms with Crippen molar-refractivity contribution in [3.05, 3.63) is 73.8 Å². The van der Waals surface area contributed by atoms with Crippen LogP contribution in [0, 0.1) is 17.0 Å². The molecule has 1 aliphatic rings. The van der Waals surface area contributed by atoms with E-state index >= 15 is 0 Å². The van der Waals surface area contributed by atoms with Crippen molar-refractivity contribution >= 4 is 29.0 Å². The molecule has 0 saturated carbocycles.